The van der Waals surface area contributed by atoms with Crippen LogP contribution in [-0.4, -0.2) is 25.8 Å². The lowest BCUT2D eigenvalue weighted by Crippen LogP contribution is -2.06. The van der Waals surface area contributed by atoms with Crippen LogP contribution >= 0.6 is 15.9 Å². The van der Waals surface area contributed by atoms with Crippen molar-refractivity contribution >= 4 is 21.9 Å². The summed E-state index contributed by atoms with van der Waals surface area (Å²) in [5, 5.41) is 13.1. The second-order valence-corrected chi connectivity index (χ2v) is 4.33. The molecule has 0 atom stereocenters. The van der Waals surface area contributed by atoms with E-state index in [1.807, 2.05) is 13.0 Å². The Bertz CT molecular complexity index is 548. The zero-order chi connectivity index (χ0) is 12.4. The van der Waals surface area contributed by atoms with Gasteiger partial charge in [0.2, 0.25) is 0 Å². The van der Waals surface area contributed by atoms with Crippen molar-refractivity contribution in [3.63, 3.8) is 0 Å². The SMILES string of the molecule is CCc1c(C(=O)O)cnn1-c1ccc(Br)cn1. The minimum Gasteiger partial charge on any atom is -0.478 e. The van der Waals surface area contributed by atoms with E-state index in [-0.39, 0.29) is 5.56 Å². The Morgan fingerprint density at radius 2 is 2.24 bits per heavy atom. The first-order chi connectivity index (χ1) is 8.13. The smallest absolute Gasteiger partial charge is 0.339 e. The Balaban J connectivity index is 2.52. The van der Waals surface area contributed by atoms with Crippen LogP contribution < -0.4 is 0 Å². The minimum absolute atomic E-state index is 0.220. The van der Waals surface area contributed by atoms with Crippen molar-refractivity contribution in [2.24, 2.45) is 0 Å². The fraction of sp³-hybridized carbons (Fsp3) is 0.182. The lowest BCUT2D eigenvalue weighted by molar-refractivity contribution is 0.0695. The molecule has 5 nitrogen and oxygen atoms in total. The summed E-state index contributed by atoms with van der Waals surface area (Å²) in [6.45, 7) is 1.89. The third-order valence-electron chi connectivity index (χ3n) is 2.36. The Labute approximate surface area is 106 Å². The topological polar surface area (TPSA) is 68.0 Å². The van der Waals surface area contributed by atoms with Crippen molar-refractivity contribution in [3.8, 4) is 5.82 Å². The summed E-state index contributed by atoms with van der Waals surface area (Å²) in [7, 11) is 0. The van der Waals surface area contributed by atoms with Crippen LogP contribution in [0.3, 0.4) is 0 Å². The highest BCUT2D eigenvalue weighted by Gasteiger charge is 2.16. The lowest BCUT2D eigenvalue weighted by Gasteiger charge is -2.05. The zero-order valence-corrected chi connectivity index (χ0v) is 10.7. The van der Waals surface area contributed by atoms with Crippen LogP contribution in [0.2, 0.25) is 0 Å². The number of carbonyl (C=O) groups is 1. The lowest BCUT2D eigenvalue weighted by atomic mass is 10.2. The highest BCUT2D eigenvalue weighted by atomic mass is 79.9. The van der Waals surface area contributed by atoms with E-state index >= 15 is 0 Å². The van der Waals surface area contributed by atoms with Crippen molar-refractivity contribution < 1.29 is 9.90 Å². The summed E-state index contributed by atoms with van der Waals surface area (Å²) in [5.74, 6) is -0.359. The summed E-state index contributed by atoms with van der Waals surface area (Å²) >= 11 is 3.30. The number of aromatic nitrogens is 3. The molecule has 0 aromatic carbocycles. The van der Waals surface area contributed by atoms with Crippen LogP contribution in [0.4, 0.5) is 0 Å². The predicted molar refractivity (Wildman–Crippen MR) is 65.4 cm³/mol. The number of halogens is 1. The molecular formula is C11H10BrN3O2. The second kappa shape index (κ2) is 4.67. The van der Waals surface area contributed by atoms with Gasteiger partial charge < -0.3 is 5.11 Å². The maximum Gasteiger partial charge on any atom is 0.339 e. The van der Waals surface area contributed by atoms with Gasteiger partial charge in [-0.1, -0.05) is 6.92 Å². The van der Waals surface area contributed by atoms with Gasteiger partial charge in [0.1, 0.15) is 5.56 Å². The van der Waals surface area contributed by atoms with Crippen LogP contribution in [0.5, 0.6) is 0 Å². The largest absolute Gasteiger partial charge is 0.478 e. The van der Waals surface area contributed by atoms with Crippen LogP contribution in [0.15, 0.2) is 29.0 Å². The normalized spacial score (nSPS) is 10.5. The number of carboxylic acid groups (broad SMARTS) is 1. The van der Waals surface area contributed by atoms with Gasteiger partial charge in [0.05, 0.1) is 11.9 Å². The molecule has 0 aliphatic heterocycles. The molecule has 0 aliphatic rings. The highest BCUT2D eigenvalue weighted by Crippen LogP contribution is 2.16. The first-order valence-electron chi connectivity index (χ1n) is 5.05. The molecule has 0 bridgehead atoms. The van der Waals surface area contributed by atoms with Gasteiger partial charge >= 0.3 is 5.97 Å². The fourth-order valence-electron chi connectivity index (χ4n) is 1.58. The van der Waals surface area contributed by atoms with E-state index in [4.69, 9.17) is 5.11 Å². The molecule has 0 aliphatic carbocycles. The Hall–Kier alpha value is -1.69. The molecule has 0 radical (unpaired) electrons. The first kappa shape index (κ1) is 11.8. The standard InChI is InChI=1S/C11H10BrN3O2/c1-2-9-8(11(16)17)6-14-15(9)10-4-3-7(12)5-13-10/h3-6H,2H2,1H3,(H,16,17). The summed E-state index contributed by atoms with van der Waals surface area (Å²) in [6, 6.07) is 3.62. The van der Waals surface area contributed by atoms with Gasteiger partial charge in [-0.3, -0.25) is 0 Å². The average Bonchev–Trinajstić information content (AvgIpc) is 2.73. The molecule has 0 spiro atoms. The van der Waals surface area contributed by atoms with Crippen molar-refractivity contribution in [1.82, 2.24) is 14.8 Å². The van der Waals surface area contributed by atoms with Gasteiger partial charge in [0.15, 0.2) is 5.82 Å². The molecule has 0 saturated carbocycles. The number of pyridine rings is 1. The number of nitrogens with zero attached hydrogens (tertiary/aromatic N) is 3. The van der Waals surface area contributed by atoms with Gasteiger partial charge in [-0.2, -0.15) is 5.10 Å². The van der Waals surface area contributed by atoms with Crippen LogP contribution in [-0.2, 0) is 6.42 Å². The zero-order valence-electron chi connectivity index (χ0n) is 9.09. The van der Waals surface area contributed by atoms with E-state index in [1.165, 1.54) is 6.20 Å². The van der Waals surface area contributed by atoms with E-state index < -0.39 is 5.97 Å². The van der Waals surface area contributed by atoms with E-state index in [0.717, 1.165) is 4.47 Å². The molecule has 0 fully saturated rings. The van der Waals surface area contributed by atoms with Gasteiger partial charge in [0, 0.05) is 10.7 Å². The molecule has 2 rings (SSSR count). The Morgan fingerprint density at radius 3 is 2.76 bits per heavy atom. The molecule has 2 aromatic heterocycles. The highest BCUT2D eigenvalue weighted by molar-refractivity contribution is 9.10. The molecule has 6 heteroatoms. The monoisotopic (exact) mass is 295 g/mol. The average molecular weight is 296 g/mol. The Kier molecular flexibility index (Phi) is 3.23. The molecule has 0 unspecified atom stereocenters. The van der Waals surface area contributed by atoms with Crippen molar-refractivity contribution in [2.45, 2.75) is 13.3 Å². The molecular weight excluding hydrogens is 286 g/mol. The van der Waals surface area contributed by atoms with E-state index in [0.29, 0.717) is 17.9 Å². The third-order valence-corrected chi connectivity index (χ3v) is 2.83. The molecule has 17 heavy (non-hydrogen) atoms. The van der Waals surface area contributed by atoms with Crippen molar-refractivity contribution in [3.05, 3.63) is 40.3 Å². The van der Waals surface area contributed by atoms with E-state index in [1.54, 1.807) is 16.9 Å². The van der Waals surface area contributed by atoms with Gasteiger partial charge in [-0.05, 0) is 34.5 Å². The van der Waals surface area contributed by atoms with Crippen LogP contribution in [0.1, 0.15) is 23.0 Å². The maximum absolute atomic E-state index is 11.0. The summed E-state index contributed by atoms with van der Waals surface area (Å²) in [5.41, 5.74) is 0.865. The van der Waals surface area contributed by atoms with E-state index in [9.17, 15) is 4.79 Å². The fourth-order valence-corrected chi connectivity index (χ4v) is 1.82. The quantitative estimate of drug-likeness (QED) is 0.943. The molecule has 2 aromatic rings. The number of carboxylic acids is 1. The second-order valence-electron chi connectivity index (χ2n) is 3.41. The molecule has 2 heterocycles. The van der Waals surface area contributed by atoms with Crippen molar-refractivity contribution in [2.75, 3.05) is 0 Å². The predicted octanol–water partition coefficient (Wildman–Crippen LogP) is 2.29. The molecule has 1 N–H and O–H groups in total. The number of aromatic carboxylic acids is 1. The van der Waals surface area contributed by atoms with Gasteiger partial charge in [0.25, 0.3) is 0 Å². The van der Waals surface area contributed by atoms with Crippen LogP contribution in [0.25, 0.3) is 5.82 Å². The third kappa shape index (κ3) is 2.21. The van der Waals surface area contributed by atoms with Crippen LogP contribution in [0, 0.1) is 0 Å². The number of hydrogen-bond acceptors (Lipinski definition) is 3. The number of rotatable bonds is 3. The van der Waals surface area contributed by atoms with Crippen molar-refractivity contribution in [1.29, 1.82) is 0 Å². The summed E-state index contributed by atoms with van der Waals surface area (Å²) in [6.07, 6.45) is 3.58. The van der Waals surface area contributed by atoms with Gasteiger partial charge in [-0.15, -0.1) is 0 Å². The van der Waals surface area contributed by atoms with E-state index in [2.05, 4.69) is 26.0 Å². The summed E-state index contributed by atoms with van der Waals surface area (Å²) in [4.78, 5) is 15.2. The summed E-state index contributed by atoms with van der Waals surface area (Å²) < 4.78 is 2.42. The minimum atomic E-state index is -0.967. The molecule has 0 amide bonds. The molecule has 0 saturated heterocycles. The Morgan fingerprint density at radius 1 is 1.47 bits per heavy atom. The number of hydrogen-bond donors (Lipinski definition) is 1. The molecule has 88 valence electrons. The van der Waals surface area contributed by atoms with Gasteiger partial charge in [-0.25, -0.2) is 14.5 Å². The maximum atomic E-state index is 11.0. The first-order valence-corrected chi connectivity index (χ1v) is 5.85.